The molecule has 0 spiro atoms. The van der Waals surface area contributed by atoms with E-state index in [9.17, 15) is 9.90 Å². The molecule has 0 radical (unpaired) electrons. The molecule has 3 aromatic rings. The lowest BCUT2D eigenvalue weighted by Crippen LogP contribution is -2.42. The van der Waals surface area contributed by atoms with Crippen molar-refractivity contribution in [2.75, 3.05) is 13.2 Å². The lowest BCUT2D eigenvalue weighted by molar-refractivity contribution is -0.131. The molecule has 0 bridgehead atoms. The number of amides is 1. The van der Waals surface area contributed by atoms with Crippen LogP contribution in [0.4, 0.5) is 0 Å². The fraction of sp³-hybridized carbons (Fsp3) is 0.440. The van der Waals surface area contributed by atoms with Crippen molar-refractivity contribution in [3.8, 4) is 5.75 Å². The van der Waals surface area contributed by atoms with E-state index in [0.717, 1.165) is 28.2 Å². The number of hydrogen-bond acceptors (Lipinski definition) is 4. The Hall–Kier alpha value is -2.86. The van der Waals surface area contributed by atoms with Gasteiger partial charge < -0.3 is 19.3 Å². The Balaban J connectivity index is 1.55. The number of aromatic nitrogens is 2. The Morgan fingerprint density at radius 3 is 2.55 bits per heavy atom. The van der Waals surface area contributed by atoms with Crippen LogP contribution in [0.1, 0.15) is 44.5 Å². The quantitative estimate of drug-likeness (QED) is 0.656. The normalized spacial score (nSPS) is 18.0. The molecule has 2 unspecified atom stereocenters. The molecule has 0 aliphatic carbocycles. The first-order valence-corrected chi connectivity index (χ1v) is 10.9. The van der Waals surface area contributed by atoms with Crippen molar-refractivity contribution in [3.63, 3.8) is 0 Å². The van der Waals surface area contributed by atoms with Crippen molar-refractivity contribution in [2.45, 2.75) is 58.2 Å². The molecule has 6 heteroatoms. The van der Waals surface area contributed by atoms with Gasteiger partial charge >= 0.3 is 0 Å². The van der Waals surface area contributed by atoms with E-state index in [-0.39, 0.29) is 24.0 Å². The standard InChI is InChI=1S/C25H31N3O3/c1-17-9-11-20(12-10-17)31-16-19(29)15-27-22-8-6-5-7-21(22)26-24(27)18-13-23(30)28(14-18)25(2,3)4/h5-12,18-19,29H,13-16H2,1-4H3. The van der Waals surface area contributed by atoms with Gasteiger partial charge in [-0.25, -0.2) is 4.98 Å². The first kappa shape index (κ1) is 21.4. The van der Waals surface area contributed by atoms with Gasteiger partial charge in [-0.15, -0.1) is 0 Å². The molecule has 31 heavy (non-hydrogen) atoms. The number of likely N-dealkylation sites (tertiary alicyclic amines) is 1. The molecule has 2 heterocycles. The van der Waals surface area contributed by atoms with Crippen molar-refractivity contribution in [1.82, 2.24) is 14.5 Å². The number of aryl methyl sites for hydroxylation is 1. The Bertz CT molecular complexity index is 1070. The number of hydrogen-bond donors (Lipinski definition) is 1. The van der Waals surface area contributed by atoms with Gasteiger partial charge in [-0.1, -0.05) is 29.8 Å². The zero-order valence-corrected chi connectivity index (χ0v) is 18.7. The first-order chi connectivity index (χ1) is 14.7. The van der Waals surface area contributed by atoms with E-state index in [1.54, 1.807) is 0 Å². The van der Waals surface area contributed by atoms with Crippen LogP contribution in [-0.4, -0.2) is 50.3 Å². The number of aliphatic hydroxyl groups excluding tert-OH is 1. The molecular formula is C25H31N3O3. The van der Waals surface area contributed by atoms with Crippen LogP contribution in [-0.2, 0) is 11.3 Å². The second kappa shape index (κ2) is 8.35. The summed E-state index contributed by atoms with van der Waals surface area (Å²) >= 11 is 0. The summed E-state index contributed by atoms with van der Waals surface area (Å²) in [6, 6.07) is 15.7. The zero-order valence-electron chi connectivity index (χ0n) is 18.7. The van der Waals surface area contributed by atoms with Crippen molar-refractivity contribution in [1.29, 1.82) is 0 Å². The summed E-state index contributed by atoms with van der Waals surface area (Å²) in [4.78, 5) is 19.4. The molecule has 1 saturated heterocycles. The van der Waals surface area contributed by atoms with E-state index < -0.39 is 6.10 Å². The minimum absolute atomic E-state index is 0.00402. The van der Waals surface area contributed by atoms with Gasteiger partial charge in [0.2, 0.25) is 5.91 Å². The highest BCUT2D eigenvalue weighted by Crippen LogP contribution is 2.34. The largest absolute Gasteiger partial charge is 0.491 e. The molecule has 1 aromatic heterocycles. The highest BCUT2D eigenvalue weighted by molar-refractivity contribution is 5.81. The fourth-order valence-electron chi connectivity index (χ4n) is 4.22. The fourth-order valence-corrected chi connectivity index (χ4v) is 4.22. The molecule has 0 saturated carbocycles. The van der Waals surface area contributed by atoms with E-state index in [1.807, 2.05) is 60.4 Å². The average molecular weight is 422 g/mol. The molecule has 6 nitrogen and oxygen atoms in total. The number of aliphatic hydroxyl groups is 1. The van der Waals surface area contributed by atoms with E-state index in [0.29, 0.717) is 19.5 Å². The molecule has 4 rings (SSSR count). The second-order valence-corrected chi connectivity index (χ2v) is 9.42. The maximum atomic E-state index is 12.7. The summed E-state index contributed by atoms with van der Waals surface area (Å²) in [6.45, 7) is 9.39. The number of carbonyl (C=O) groups is 1. The molecule has 1 aliphatic heterocycles. The summed E-state index contributed by atoms with van der Waals surface area (Å²) in [5.41, 5.74) is 2.79. The third-order valence-electron chi connectivity index (χ3n) is 5.84. The number of para-hydroxylation sites is 2. The first-order valence-electron chi connectivity index (χ1n) is 10.9. The number of rotatable bonds is 6. The lowest BCUT2D eigenvalue weighted by atomic mass is 10.1. The van der Waals surface area contributed by atoms with E-state index >= 15 is 0 Å². The van der Waals surface area contributed by atoms with Crippen LogP contribution in [0.2, 0.25) is 0 Å². The van der Waals surface area contributed by atoms with Crippen molar-refractivity contribution < 1.29 is 14.6 Å². The smallest absolute Gasteiger partial charge is 0.223 e. The molecule has 1 fully saturated rings. The van der Waals surface area contributed by atoms with Crippen molar-refractivity contribution in [3.05, 3.63) is 59.9 Å². The third-order valence-corrected chi connectivity index (χ3v) is 5.84. The van der Waals surface area contributed by atoms with Gasteiger partial charge in [-0.2, -0.15) is 0 Å². The van der Waals surface area contributed by atoms with Crippen LogP contribution in [0.3, 0.4) is 0 Å². The number of fused-ring (bicyclic) bond motifs is 1. The predicted octanol–water partition coefficient (Wildman–Crippen LogP) is 3.90. The summed E-state index contributed by atoms with van der Waals surface area (Å²) < 4.78 is 7.84. The van der Waals surface area contributed by atoms with Crippen LogP contribution < -0.4 is 4.74 Å². The van der Waals surface area contributed by atoms with Crippen LogP contribution in [0.5, 0.6) is 5.75 Å². The number of imidazole rings is 1. The lowest BCUT2D eigenvalue weighted by Gasteiger charge is -2.32. The Morgan fingerprint density at radius 2 is 1.87 bits per heavy atom. The van der Waals surface area contributed by atoms with Gasteiger partial charge in [-0.3, -0.25) is 4.79 Å². The Kier molecular flexibility index (Phi) is 5.75. The maximum Gasteiger partial charge on any atom is 0.223 e. The van der Waals surface area contributed by atoms with Gasteiger partial charge in [0.05, 0.1) is 17.6 Å². The molecular weight excluding hydrogens is 390 g/mol. The predicted molar refractivity (Wildman–Crippen MR) is 121 cm³/mol. The van der Waals surface area contributed by atoms with Crippen molar-refractivity contribution in [2.24, 2.45) is 0 Å². The Morgan fingerprint density at radius 1 is 1.16 bits per heavy atom. The maximum absolute atomic E-state index is 12.7. The van der Waals surface area contributed by atoms with E-state index in [4.69, 9.17) is 9.72 Å². The monoisotopic (exact) mass is 421 g/mol. The summed E-state index contributed by atoms with van der Waals surface area (Å²) in [7, 11) is 0. The van der Waals surface area contributed by atoms with Crippen LogP contribution in [0.15, 0.2) is 48.5 Å². The number of carbonyl (C=O) groups excluding carboxylic acids is 1. The van der Waals surface area contributed by atoms with Crippen LogP contribution in [0.25, 0.3) is 11.0 Å². The second-order valence-electron chi connectivity index (χ2n) is 9.42. The van der Waals surface area contributed by atoms with Crippen molar-refractivity contribution >= 4 is 16.9 Å². The summed E-state index contributed by atoms with van der Waals surface area (Å²) in [6.07, 6.45) is -0.259. The summed E-state index contributed by atoms with van der Waals surface area (Å²) in [5, 5.41) is 10.7. The molecule has 2 atom stereocenters. The van der Waals surface area contributed by atoms with Gasteiger partial charge in [0.15, 0.2) is 0 Å². The molecule has 1 amide bonds. The van der Waals surface area contributed by atoms with E-state index in [2.05, 4.69) is 25.3 Å². The molecule has 1 N–H and O–H groups in total. The highest BCUT2D eigenvalue weighted by atomic mass is 16.5. The minimum Gasteiger partial charge on any atom is -0.491 e. The number of benzene rings is 2. The Labute approximate surface area is 183 Å². The molecule has 164 valence electrons. The summed E-state index contributed by atoms with van der Waals surface area (Å²) in [5.74, 6) is 1.75. The third kappa shape index (κ3) is 4.59. The zero-order chi connectivity index (χ0) is 22.2. The van der Waals surface area contributed by atoms with E-state index in [1.165, 1.54) is 0 Å². The van der Waals surface area contributed by atoms with Crippen LogP contribution >= 0.6 is 0 Å². The molecule has 2 aromatic carbocycles. The SMILES string of the molecule is Cc1ccc(OCC(O)Cn2c(C3CC(=O)N(C(C)(C)C)C3)nc3ccccc32)cc1. The van der Waals surface area contributed by atoms with Crippen LogP contribution in [0, 0.1) is 6.92 Å². The van der Waals surface area contributed by atoms with Gasteiger partial charge in [0, 0.05) is 24.4 Å². The topological polar surface area (TPSA) is 67.6 Å². The minimum atomic E-state index is -0.700. The highest BCUT2D eigenvalue weighted by Gasteiger charge is 2.39. The number of ether oxygens (including phenoxy) is 1. The van der Waals surface area contributed by atoms with Gasteiger partial charge in [0.1, 0.15) is 24.3 Å². The molecule has 1 aliphatic rings. The van der Waals surface area contributed by atoms with Gasteiger partial charge in [-0.05, 0) is 52.0 Å². The average Bonchev–Trinajstić information content (AvgIpc) is 3.28. The van der Waals surface area contributed by atoms with Gasteiger partial charge in [0.25, 0.3) is 0 Å². The number of nitrogens with zero attached hydrogens (tertiary/aromatic N) is 3.